The van der Waals surface area contributed by atoms with E-state index in [4.69, 9.17) is 17.3 Å². The fourth-order valence-electron chi connectivity index (χ4n) is 1.64. The van der Waals surface area contributed by atoms with Crippen LogP contribution in [0.5, 0.6) is 0 Å². The second kappa shape index (κ2) is 4.37. The average Bonchev–Trinajstić information content (AvgIpc) is 2.93. The largest absolute Gasteiger partial charge is 0.324 e. The first-order valence-corrected chi connectivity index (χ1v) is 6.33. The van der Waals surface area contributed by atoms with Crippen LogP contribution < -0.4 is 5.73 Å². The van der Waals surface area contributed by atoms with Crippen LogP contribution in [0.4, 0.5) is 0 Å². The number of hydrogen-bond acceptors (Lipinski definition) is 1. The molecule has 76 valence electrons. The molecule has 0 bridgehead atoms. The summed E-state index contributed by atoms with van der Waals surface area (Å²) < 4.78 is 1.22. The normalized spacial score (nSPS) is 18.2. The highest BCUT2D eigenvalue weighted by atomic mass is 127. The molecular formula is C11H13ClIN. The standard InChI is InChI=1S/C11H13ClIN/c12-8-3-4-10(13)9(6-8)11(14)5-7-1-2-7/h3-4,6-7,11H,1-2,5,14H2/t11-/m1/s1. The van der Waals surface area contributed by atoms with Crippen LogP contribution in [0.3, 0.4) is 0 Å². The quantitative estimate of drug-likeness (QED) is 0.843. The van der Waals surface area contributed by atoms with Gasteiger partial charge in [-0.05, 0) is 58.7 Å². The van der Waals surface area contributed by atoms with E-state index in [0.29, 0.717) is 0 Å². The van der Waals surface area contributed by atoms with E-state index in [-0.39, 0.29) is 6.04 Å². The van der Waals surface area contributed by atoms with Crippen LogP contribution in [-0.2, 0) is 0 Å². The summed E-state index contributed by atoms with van der Waals surface area (Å²) in [5, 5.41) is 0.784. The van der Waals surface area contributed by atoms with Gasteiger partial charge >= 0.3 is 0 Å². The van der Waals surface area contributed by atoms with Crippen molar-refractivity contribution >= 4 is 34.2 Å². The van der Waals surface area contributed by atoms with Gasteiger partial charge in [0, 0.05) is 14.6 Å². The lowest BCUT2D eigenvalue weighted by molar-refractivity contribution is 0.595. The van der Waals surface area contributed by atoms with Crippen LogP contribution in [0.1, 0.15) is 30.9 Å². The van der Waals surface area contributed by atoms with Crippen molar-refractivity contribution in [1.29, 1.82) is 0 Å². The Morgan fingerprint density at radius 2 is 2.21 bits per heavy atom. The Morgan fingerprint density at radius 3 is 2.86 bits per heavy atom. The highest BCUT2D eigenvalue weighted by Crippen LogP contribution is 2.37. The lowest BCUT2D eigenvalue weighted by Crippen LogP contribution is -2.12. The van der Waals surface area contributed by atoms with Gasteiger partial charge in [0.1, 0.15) is 0 Å². The van der Waals surface area contributed by atoms with Gasteiger partial charge in [-0.15, -0.1) is 0 Å². The smallest absolute Gasteiger partial charge is 0.0410 e. The molecule has 1 aliphatic rings. The van der Waals surface area contributed by atoms with Crippen LogP contribution in [0.25, 0.3) is 0 Å². The Hall–Kier alpha value is 0.200. The molecular weight excluding hydrogens is 308 g/mol. The molecule has 0 heterocycles. The first-order valence-electron chi connectivity index (χ1n) is 4.87. The summed E-state index contributed by atoms with van der Waals surface area (Å²) >= 11 is 8.27. The fourth-order valence-corrected chi connectivity index (χ4v) is 2.55. The van der Waals surface area contributed by atoms with Crippen molar-refractivity contribution in [2.24, 2.45) is 11.7 Å². The first kappa shape index (κ1) is 10.7. The van der Waals surface area contributed by atoms with E-state index >= 15 is 0 Å². The molecule has 0 saturated heterocycles. The second-order valence-corrected chi connectivity index (χ2v) is 5.55. The molecule has 0 aliphatic heterocycles. The van der Waals surface area contributed by atoms with E-state index in [1.807, 2.05) is 18.2 Å². The van der Waals surface area contributed by atoms with Crippen molar-refractivity contribution in [2.75, 3.05) is 0 Å². The van der Waals surface area contributed by atoms with Crippen molar-refractivity contribution in [3.05, 3.63) is 32.4 Å². The molecule has 0 amide bonds. The first-order chi connectivity index (χ1) is 6.66. The third kappa shape index (κ3) is 2.61. The molecule has 0 aromatic heterocycles. The van der Waals surface area contributed by atoms with Gasteiger partial charge in [-0.1, -0.05) is 24.4 Å². The van der Waals surface area contributed by atoms with Gasteiger partial charge in [0.25, 0.3) is 0 Å². The molecule has 1 atom stereocenters. The van der Waals surface area contributed by atoms with Crippen LogP contribution in [0, 0.1) is 9.49 Å². The molecule has 2 rings (SSSR count). The Kier molecular flexibility index (Phi) is 3.34. The molecule has 1 aromatic rings. The van der Waals surface area contributed by atoms with Gasteiger partial charge in [0.05, 0.1) is 0 Å². The number of nitrogens with two attached hydrogens (primary N) is 1. The Bertz CT molecular complexity index is 336. The summed E-state index contributed by atoms with van der Waals surface area (Å²) in [7, 11) is 0. The minimum atomic E-state index is 0.160. The van der Waals surface area contributed by atoms with Crippen molar-refractivity contribution in [1.82, 2.24) is 0 Å². The average molecular weight is 322 g/mol. The zero-order valence-corrected chi connectivity index (χ0v) is 10.8. The van der Waals surface area contributed by atoms with Gasteiger partial charge < -0.3 is 5.73 Å². The van der Waals surface area contributed by atoms with Gasteiger partial charge in [-0.2, -0.15) is 0 Å². The summed E-state index contributed by atoms with van der Waals surface area (Å²) in [5.41, 5.74) is 7.34. The summed E-state index contributed by atoms with van der Waals surface area (Å²) in [6.07, 6.45) is 3.81. The van der Waals surface area contributed by atoms with Gasteiger partial charge in [0.2, 0.25) is 0 Å². The van der Waals surface area contributed by atoms with E-state index in [1.54, 1.807) is 0 Å². The summed E-state index contributed by atoms with van der Waals surface area (Å²) in [6.45, 7) is 0. The zero-order chi connectivity index (χ0) is 10.1. The van der Waals surface area contributed by atoms with Gasteiger partial charge in [-0.3, -0.25) is 0 Å². The van der Waals surface area contributed by atoms with E-state index in [2.05, 4.69) is 22.6 Å². The number of benzene rings is 1. The third-order valence-corrected chi connectivity index (χ3v) is 3.86. The zero-order valence-electron chi connectivity index (χ0n) is 7.84. The molecule has 14 heavy (non-hydrogen) atoms. The van der Waals surface area contributed by atoms with Crippen molar-refractivity contribution < 1.29 is 0 Å². The van der Waals surface area contributed by atoms with E-state index in [0.717, 1.165) is 17.4 Å². The molecule has 1 nitrogen and oxygen atoms in total. The molecule has 1 fully saturated rings. The fraction of sp³-hybridized carbons (Fsp3) is 0.455. The lowest BCUT2D eigenvalue weighted by atomic mass is 10.0. The Balaban J connectivity index is 2.15. The minimum Gasteiger partial charge on any atom is -0.324 e. The van der Waals surface area contributed by atoms with Crippen LogP contribution in [0.15, 0.2) is 18.2 Å². The van der Waals surface area contributed by atoms with E-state index in [9.17, 15) is 0 Å². The van der Waals surface area contributed by atoms with Gasteiger partial charge in [-0.25, -0.2) is 0 Å². The highest BCUT2D eigenvalue weighted by molar-refractivity contribution is 14.1. The summed E-state index contributed by atoms with van der Waals surface area (Å²) in [4.78, 5) is 0. The predicted octanol–water partition coefficient (Wildman–Crippen LogP) is 3.74. The lowest BCUT2D eigenvalue weighted by Gasteiger charge is -2.13. The third-order valence-electron chi connectivity index (χ3n) is 2.64. The Labute approximate surface area is 103 Å². The van der Waals surface area contributed by atoms with E-state index in [1.165, 1.54) is 22.0 Å². The van der Waals surface area contributed by atoms with Crippen LogP contribution in [0.2, 0.25) is 5.02 Å². The molecule has 2 N–H and O–H groups in total. The number of hydrogen-bond donors (Lipinski definition) is 1. The van der Waals surface area contributed by atoms with Crippen LogP contribution in [-0.4, -0.2) is 0 Å². The second-order valence-electron chi connectivity index (χ2n) is 3.95. The number of halogens is 2. The molecule has 1 aliphatic carbocycles. The monoisotopic (exact) mass is 321 g/mol. The number of rotatable bonds is 3. The molecule has 0 radical (unpaired) electrons. The molecule has 0 unspecified atom stereocenters. The minimum absolute atomic E-state index is 0.160. The van der Waals surface area contributed by atoms with Gasteiger partial charge in [0.15, 0.2) is 0 Å². The van der Waals surface area contributed by atoms with Crippen molar-refractivity contribution in [3.8, 4) is 0 Å². The molecule has 1 saturated carbocycles. The maximum Gasteiger partial charge on any atom is 0.0410 e. The molecule has 1 aromatic carbocycles. The maximum absolute atomic E-state index is 6.14. The summed E-state index contributed by atoms with van der Waals surface area (Å²) in [5.74, 6) is 0.861. The Morgan fingerprint density at radius 1 is 1.50 bits per heavy atom. The molecule has 0 spiro atoms. The predicted molar refractivity (Wildman–Crippen MR) is 68.4 cm³/mol. The van der Waals surface area contributed by atoms with E-state index < -0.39 is 0 Å². The van der Waals surface area contributed by atoms with Crippen molar-refractivity contribution in [2.45, 2.75) is 25.3 Å². The van der Waals surface area contributed by atoms with Crippen LogP contribution >= 0.6 is 34.2 Å². The summed E-state index contributed by atoms with van der Waals surface area (Å²) in [6, 6.07) is 6.10. The highest BCUT2D eigenvalue weighted by Gasteiger charge is 2.25. The maximum atomic E-state index is 6.14. The topological polar surface area (TPSA) is 26.0 Å². The molecule has 3 heteroatoms. The van der Waals surface area contributed by atoms with Crippen molar-refractivity contribution in [3.63, 3.8) is 0 Å². The SMILES string of the molecule is N[C@H](CC1CC1)c1cc(Cl)ccc1I.